The number of para-hydroxylation sites is 3. The lowest BCUT2D eigenvalue weighted by Crippen LogP contribution is -2.23. The van der Waals surface area contributed by atoms with E-state index in [1.165, 1.54) is 22.8 Å². The fraction of sp³-hybridized carbons (Fsp3) is 0.160. The molecule has 0 aliphatic rings. The first-order chi connectivity index (χ1) is 16.3. The predicted molar refractivity (Wildman–Crippen MR) is 129 cm³/mol. The van der Waals surface area contributed by atoms with Gasteiger partial charge in [0.15, 0.2) is 5.16 Å². The van der Waals surface area contributed by atoms with E-state index in [0.717, 1.165) is 22.9 Å². The van der Waals surface area contributed by atoms with Crippen molar-refractivity contribution in [3.05, 3.63) is 88.2 Å². The third-order valence-electron chi connectivity index (χ3n) is 5.27. The molecule has 0 spiro atoms. The Morgan fingerprint density at radius 3 is 2.59 bits per heavy atom. The van der Waals surface area contributed by atoms with Gasteiger partial charge in [-0.25, -0.2) is 4.98 Å². The second kappa shape index (κ2) is 10.0. The van der Waals surface area contributed by atoms with Gasteiger partial charge in [-0.1, -0.05) is 48.2 Å². The highest BCUT2D eigenvalue weighted by atomic mass is 32.2. The van der Waals surface area contributed by atoms with Crippen LogP contribution in [0.2, 0.25) is 0 Å². The molecule has 0 unspecified atom stereocenters. The molecule has 174 valence electrons. The molecule has 34 heavy (non-hydrogen) atoms. The van der Waals surface area contributed by atoms with Crippen LogP contribution in [0.3, 0.4) is 0 Å². The molecule has 0 atom stereocenters. The van der Waals surface area contributed by atoms with E-state index in [-0.39, 0.29) is 22.7 Å². The predicted octanol–water partition coefficient (Wildman–Crippen LogP) is 5.33. The van der Waals surface area contributed by atoms with E-state index in [1.54, 1.807) is 30.3 Å². The lowest BCUT2D eigenvalue weighted by atomic mass is 10.1. The molecule has 0 aliphatic carbocycles. The Morgan fingerprint density at radius 1 is 1.06 bits per heavy atom. The molecule has 0 radical (unpaired) electrons. The second-order valence-corrected chi connectivity index (χ2v) is 8.43. The van der Waals surface area contributed by atoms with Crippen LogP contribution in [-0.2, 0) is 4.79 Å². The van der Waals surface area contributed by atoms with Crippen LogP contribution in [0.1, 0.15) is 11.1 Å². The Labute approximate surface area is 198 Å². The number of nitrogens with zero attached hydrogens (tertiary/aromatic N) is 2. The minimum atomic E-state index is -3.01. The third-order valence-corrected chi connectivity index (χ3v) is 6.21. The standard InChI is InChI=1S/C25H21F2N3O3S/c1-15-8-7-12-20(16(15)2)30-23(32)17-9-3-4-10-18(17)29-25(30)34-14-22(31)28-19-11-5-6-13-21(19)33-24(26)27/h3-13,24H,14H2,1-2H3,(H,28,31). The maximum absolute atomic E-state index is 13.4. The van der Waals surface area contributed by atoms with Crippen LogP contribution in [0, 0.1) is 13.8 Å². The van der Waals surface area contributed by atoms with Gasteiger partial charge in [-0.15, -0.1) is 0 Å². The first-order valence-electron chi connectivity index (χ1n) is 10.4. The molecule has 1 aromatic heterocycles. The average Bonchev–Trinajstić information content (AvgIpc) is 2.81. The zero-order chi connectivity index (χ0) is 24.2. The maximum atomic E-state index is 13.4. The van der Waals surface area contributed by atoms with Crippen molar-refractivity contribution in [3.63, 3.8) is 0 Å². The molecule has 9 heteroatoms. The summed E-state index contributed by atoms with van der Waals surface area (Å²) in [6, 6.07) is 18.6. The number of ether oxygens (including phenoxy) is 1. The SMILES string of the molecule is Cc1cccc(-n2c(SCC(=O)Nc3ccccc3OC(F)F)nc3ccccc3c2=O)c1C. The van der Waals surface area contributed by atoms with E-state index in [0.29, 0.717) is 21.7 Å². The minimum absolute atomic E-state index is 0.0986. The number of rotatable bonds is 7. The van der Waals surface area contributed by atoms with Crippen LogP contribution in [0.25, 0.3) is 16.6 Å². The van der Waals surface area contributed by atoms with Crippen LogP contribution in [0.5, 0.6) is 5.75 Å². The fourth-order valence-electron chi connectivity index (χ4n) is 3.48. The summed E-state index contributed by atoms with van der Waals surface area (Å²) < 4.78 is 31.3. The number of carbonyl (C=O) groups excluding carboxylic acids is 1. The van der Waals surface area contributed by atoms with Gasteiger partial charge in [0.1, 0.15) is 5.75 Å². The Bertz CT molecular complexity index is 1420. The van der Waals surface area contributed by atoms with E-state index in [9.17, 15) is 18.4 Å². The van der Waals surface area contributed by atoms with Gasteiger partial charge in [0.2, 0.25) is 5.91 Å². The zero-order valence-electron chi connectivity index (χ0n) is 18.4. The van der Waals surface area contributed by atoms with E-state index in [4.69, 9.17) is 0 Å². The van der Waals surface area contributed by atoms with Gasteiger partial charge in [-0.3, -0.25) is 14.2 Å². The number of hydrogen-bond donors (Lipinski definition) is 1. The number of halogens is 2. The molecule has 1 N–H and O–H groups in total. The summed E-state index contributed by atoms with van der Waals surface area (Å²) in [7, 11) is 0. The summed E-state index contributed by atoms with van der Waals surface area (Å²) in [6.07, 6.45) is 0. The van der Waals surface area contributed by atoms with E-state index >= 15 is 0 Å². The highest BCUT2D eigenvalue weighted by Gasteiger charge is 2.17. The van der Waals surface area contributed by atoms with Gasteiger partial charge < -0.3 is 10.1 Å². The molecular formula is C25H21F2N3O3S. The molecule has 0 aliphatic heterocycles. The Kier molecular flexibility index (Phi) is 6.93. The summed E-state index contributed by atoms with van der Waals surface area (Å²) >= 11 is 1.08. The summed E-state index contributed by atoms with van der Waals surface area (Å²) in [5.41, 5.74) is 3.03. The Hall–Kier alpha value is -3.72. The van der Waals surface area contributed by atoms with Crippen LogP contribution < -0.4 is 15.6 Å². The number of nitrogens with one attached hydrogen (secondary N) is 1. The lowest BCUT2D eigenvalue weighted by molar-refractivity contribution is -0.113. The maximum Gasteiger partial charge on any atom is 0.387 e. The molecule has 4 rings (SSSR count). The number of anilines is 1. The Balaban J connectivity index is 1.67. The smallest absolute Gasteiger partial charge is 0.387 e. The van der Waals surface area contributed by atoms with Crippen molar-refractivity contribution in [1.29, 1.82) is 0 Å². The van der Waals surface area contributed by atoms with Crippen LogP contribution in [-0.4, -0.2) is 27.8 Å². The topological polar surface area (TPSA) is 73.2 Å². The van der Waals surface area contributed by atoms with Crippen molar-refractivity contribution >= 4 is 34.3 Å². The molecule has 6 nitrogen and oxygen atoms in total. The van der Waals surface area contributed by atoms with Crippen LogP contribution in [0.4, 0.5) is 14.5 Å². The molecule has 0 saturated carbocycles. The largest absolute Gasteiger partial charge is 0.433 e. The summed E-state index contributed by atoms with van der Waals surface area (Å²) in [5.74, 6) is -0.684. The Morgan fingerprint density at radius 2 is 1.79 bits per heavy atom. The first-order valence-corrected chi connectivity index (χ1v) is 11.4. The number of amides is 1. The van der Waals surface area contributed by atoms with Crippen LogP contribution in [0.15, 0.2) is 76.7 Å². The van der Waals surface area contributed by atoms with E-state index in [2.05, 4.69) is 15.0 Å². The van der Waals surface area contributed by atoms with E-state index < -0.39 is 12.5 Å². The minimum Gasteiger partial charge on any atom is -0.433 e. The highest BCUT2D eigenvalue weighted by molar-refractivity contribution is 7.99. The van der Waals surface area contributed by atoms with E-state index in [1.807, 2.05) is 32.0 Å². The van der Waals surface area contributed by atoms with Crippen molar-refractivity contribution in [1.82, 2.24) is 9.55 Å². The quantitative estimate of drug-likeness (QED) is 0.285. The lowest BCUT2D eigenvalue weighted by Gasteiger charge is -2.16. The second-order valence-electron chi connectivity index (χ2n) is 7.48. The number of benzene rings is 3. The molecule has 1 amide bonds. The van der Waals surface area contributed by atoms with Crippen molar-refractivity contribution in [2.45, 2.75) is 25.6 Å². The molecule has 1 heterocycles. The van der Waals surface area contributed by atoms with Crippen LogP contribution >= 0.6 is 11.8 Å². The average molecular weight is 482 g/mol. The normalized spacial score (nSPS) is 11.1. The number of aryl methyl sites for hydroxylation is 1. The van der Waals surface area contributed by atoms with Crippen molar-refractivity contribution in [3.8, 4) is 11.4 Å². The van der Waals surface area contributed by atoms with Gasteiger partial charge in [-0.05, 0) is 55.3 Å². The van der Waals surface area contributed by atoms with Gasteiger partial charge in [0.25, 0.3) is 5.56 Å². The molecular weight excluding hydrogens is 460 g/mol. The number of aromatic nitrogens is 2. The number of hydrogen-bond acceptors (Lipinski definition) is 5. The molecule has 0 bridgehead atoms. The van der Waals surface area contributed by atoms with Crippen molar-refractivity contribution in [2.75, 3.05) is 11.1 Å². The molecule has 0 fully saturated rings. The first kappa shape index (κ1) is 23.4. The zero-order valence-corrected chi connectivity index (χ0v) is 19.2. The summed E-state index contributed by atoms with van der Waals surface area (Å²) in [4.78, 5) is 30.7. The number of alkyl halides is 2. The van der Waals surface area contributed by atoms with Gasteiger partial charge in [0.05, 0.1) is 28.0 Å². The molecule has 0 saturated heterocycles. The molecule has 4 aromatic rings. The monoisotopic (exact) mass is 481 g/mol. The summed E-state index contributed by atoms with van der Waals surface area (Å²) in [5, 5.41) is 3.40. The van der Waals surface area contributed by atoms with Gasteiger partial charge in [-0.2, -0.15) is 8.78 Å². The van der Waals surface area contributed by atoms with Gasteiger partial charge >= 0.3 is 6.61 Å². The third kappa shape index (κ3) is 4.94. The number of thioether (sulfide) groups is 1. The number of fused-ring (bicyclic) bond motifs is 1. The van der Waals surface area contributed by atoms with Crippen molar-refractivity contribution in [2.24, 2.45) is 0 Å². The number of carbonyl (C=O) groups is 1. The fourth-order valence-corrected chi connectivity index (χ4v) is 4.29. The summed E-state index contributed by atoms with van der Waals surface area (Å²) in [6.45, 7) is 0.867. The van der Waals surface area contributed by atoms with Gasteiger partial charge in [0, 0.05) is 0 Å². The van der Waals surface area contributed by atoms with Crippen molar-refractivity contribution < 1.29 is 18.3 Å². The highest BCUT2D eigenvalue weighted by Crippen LogP contribution is 2.27. The molecule has 3 aromatic carbocycles.